The Labute approximate surface area is 123 Å². The predicted octanol–water partition coefficient (Wildman–Crippen LogP) is 3.29. The van der Waals surface area contributed by atoms with Crippen molar-refractivity contribution in [3.8, 4) is 11.6 Å². The number of ether oxygens (including phenoxy) is 2. The summed E-state index contributed by atoms with van der Waals surface area (Å²) in [5, 5.41) is 2.92. The zero-order valence-electron chi connectivity index (χ0n) is 12.3. The number of anilines is 1. The lowest BCUT2D eigenvalue weighted by Crippen LogP contribution is -2.04. The highest BCUT2D eigenvalue weighted by Crippen LogP contribution is 2.26. The van der Waals surface area contributed by atoms with Crippen LogP contribution >= 0.6 is 0 Å². The molecule has 0 atom stereocenters. The van der Waals surface area contributed by atoms with Crippen LogP contribution in [-0.2, 0) is 11.3 Å². The third kappa shape index (κ3) is 3.88. The molecule has 6 heteroatoms. The molecular weight excluding hydrogens is 273 g/mol. The minimum atomic E-state index is -0.395. The lowest BCUT2D eigenvalue weighted by atomic mass is 10.2. The van der Waals surface area contributed by atoms with E-state index in [1.165, 1.54) is 0 Å². The second-order valence-corrected chi connectivity index (χ2v) is 4.38. The first-order chi connectivity index (χ1) is 10.1. The van der Waals surface area contributed by atoms with Crippen molar-refractivity contribution in [3.05, 3.63) is 41.5 Å². The summed E-state index contributed by atoms with van der Waals surface area (Å²) in [6, 6.07) is 6.58. The first-order valence-electron chi connectivity index (χ1n) is 6.70. The number of hydrogen-bond donors (Lipinski definition) is 1. The van der Waals surface area contributed by atoms with Crippen LogP contribution in [-0.4, -0.2) is 23.6 Å². The van der Waals surface area contributed by atoms with E-state index in [0.717, 1.165) is 0 Å². The maximum atomic E-state index is 14.0. The fraction of sp³-hybridized carbons (Fsp3) is 0.333. The van der Waals surface area contributed by atoms with Crippen LogP contribution in [0.15, 0.2) is 24.3 Å². The molecular formula is C15H18FN3O2. The molecule has 0 saturated carbocycles. The zero-order valence-corrected chi connectivity index (χ0v) is 12.3. The second-order valence-electron chi connectivity index (χ2n) is 4.38. The Bertz CT molecular complexity index is 620. The molecule has 0 bridgehead atoms. The summed E-state index contributed by atoms with van der Waals surface area (Å²) in [6.07, 6.45) is 0. The van der Waals surface area contributed by atoms with Gasteiger partial charge in [0.2, 0.25) is 5.88 Å². The average Bonchev–Trinajstić information content (AvgIpc) is 2.49. The summed E-state index contributed by atoms with van der Waals surface area (Å²) in [5.74, 6) is 1.08. The van der Waals surface area contributed by atoms with E-state index in [-0.39, 0.29) is 18.2 Å². The van der Waals surface area contributed by atoms with Crippen LogP contribution < -0.4 is 10.1 Å². The minimum absolute atomic E-state index is 0.137. The maximum absolute atomic E-state index is 14.0. The molecule has 0 amide bonds. The van der Waals surface area contributed by atoms with Gasteiger partial charge >= 0.3 is 0 Å². The summed E-state index contributed by atoms with van der Waals surface area (Å²) < 4.78 is 24.8. The van der Waals surface area contributed by atoms with Gasteiger partial charge in [-0.2, -0.15) is 4.98 Å². The Kier molecular flexibility index (Phi) is 5.05. The van der Waals surface area contributed by atoms with Crippen molar-refractivity contribution < 1.29 is 13.9 Å². The Balaban J connectivity index is 2.28. The average molecular weight is 291 g/mol. The molecule has 0 aliphatic carbocycles. The fourth-order valence-electron chi connectivity index (χ4n) is 1.72. The van der Waals surface area contributed by atoms with Gasteiger partial charge in [-0.1, -0.05) is 12.1 Å². The van der Waals surface area contributed by atoms with E-state index in [0.29, 0.717) is 23.8 Å². The van der Waals surface area contributed by atoms with Gasteiger partial charge in [0, 0.05) is 19.7 Å². The van der Waals surface area contributed by atoms with Gasteiger partial charge in [-0.3, -0.25) is 0 Å². The van der Waals surface area contributed by atoms with E-state index in [4.69, 9.17) is 9.47 Å². The zero-order chi connectivity index (χ0) is 15.2. The SMILES string of the molecule is CCOCc1nc(NC)cc(Oc2cccc(C)c2F)n1. The summed E-state index contributed by atoms with van der Waals surface area (Å²) in [5.41, 5.74) is 0.518. The quantitative estimate of drug-likeness (QED) is 0.885. The first kappa shape index (κ1) is 15.2. The van der Waals surface area contributed by atoms with Crippen LogP contribution in [0.4, 0.5) is 10.2 Å². The number of hydrogen-bond acceptors (Lipinski definition) is 5. The lowest BCUT2D eigenvalue weighted by molar-refractivity contribution is 0.128. The normalized spacial score (nSPS) is 10.5. The van der Waals surface area contributed by atoms with Crippen molar-refractivity contribution in [1.82, 2.24) is 9.97 Å². The number of aromatic nitrogens is 2. The van der Waals surface area contributed by atoms with Crippen LogP contribution in [0.25, 0.3) is 0 Å². The standard InChI is InChI=1S/C15H18FN3O2/c1-4-20-9-13-18-12(17-3)8-14(19-13)21-11-7-5-6-10(2)15(11)16/h5-8H,4,9H2,1-3H3,(H,17,18,19). The van der Waals surface area contributed by atoms with E-state index in [2.05, 4.69) is 15.3 Å². The second kappa shape index (κ2) is 6.99. The molecule has 0 aliphatic rings. The van der Waals surface area contributed by atoms with E-state index in [9.17, 15) is 4.39 Å². The predicted molar refractivity (Wildman–Crippen MR) is 78.1 cm³/mol. The topological polar surface area (TPSA) is 56.3 Å². The number of halogens is 1. The Hall–Kier alpha value is -2.21. The van der Waals surface area contributed by atoms with Gasteiger partial charge in [0.15, 0.2) is 17.4 Å². The number of nitrogens with one attached hydrogen (secondary N) is 1. The molecule has 0 saturated heterocycles. The molecule has 1 heterocycles. The fourth-order valence-corrected chi connectivity index (χ4v) is 1.72. The molecule has 0 unspecified atom stereocenters. The molecule has 5 nitrogen and oxygen atoms in total. The Morgan fingerprint density at radius 2 is 2.10 bits per heavy atom. The van der Waals surface area contributed by atoms with Crippen LogP contribution in [0.5, 0.6) is 11.6 Å². The van der Waals surface area contributed by atoms with Gasteiger partial charge in [-0.15, -0.1) is 0 Å². The number of benzene rings is 1. The maximum Gasteiger partial charge on any atom is 0.224 e. The molecule has 1 aromatic carbocycles. The monoisotopic (exact) mass is 291 g/mol. The van der Waals surface area contributed by atoms with Gasteiger partial charge in [-0.25, -0.2) is 9.37 Å². The van der Waals surface area contributed by atoms with Crippen LogP contribution in [0.1, 0.15) is 18.3 Å². The number of rotatable bonds is 6. The summed E-state index contributed by atoms with van der Waals surface area (Å²) in [6.45, 7) is 4.41. The van der Waals surface area contributed by atoms with Gasteiger partial charge < -0.3 is 14.8 Å². The van der Waals surface area contributed by atoms with Crippen molar-refractivity contribution >= 4 is 5.82 Å². The first-order valence-corrected chi connectivity index (χ1v) is 6.70. The summed E-state index contributed by atoms with van der Waals surface area (Å²) in [7, 11) is 1.74. The van der Waals surface area contributed by atoms with E-state index in [1.54, 1.807) is 38.2 Å². The van der Waals surface area contributed by atoms with Gasteiger partial charge in [0.05, 0.1) is 0 Å². The largest absolute Gasteiger partial charge is 0.436 e. The Morgan fingerprint density at radius 3 is 2.81 bits per heavy atom. The number of nitrogens with zero attached hydrogens (tertiary/aromatic N) is 2. The number of aryl methyl sites for hydroxylation is 1. The third-order valence-corrected chi connectivity index (χ3v) is 2.81. The van der Waals surface area contributed by atoms with Crippen molar-refractivity contribution in [2.24, 2.45) is 0 Å². The molecule has 0 radical (unpaired) electrons. The van der Waals surface area contributed by atoms with Gasteiger partial charge in [0.1, 0.15) is 12.4 Å². The van der Waals surface area contributed by atoms with Crippen LogP contribution in [0.3, 0.4) is 0 Å². The van der Waals surface area contributed by atoms with Crippen molar-refractivity contribution in [2.75, 3.05) is 19.0 Å². The highest BCUT2D eigenvalue weighted by molar-refractivity contribution is 5.40. The molecule has 0 spiro atoms. The minimum Gasteiger partial charge on any atom is -0.436 e. The van der Waals surface area contributed by atoms with Crippen molar-refractivity contribution in [3.63, 3.8) is 0 Å². The van der Waals surface area contributed by atoms with Gasteiger partial charge in [-0.05, 0) is 25.5 Å². The van der Waals surface area contributed by atoms with E-state index in [1.807, 2.05) is 6.92 Å². The molecule has 1 N–H and O–H groups in total. The molecule has 2 aromatic rings. The smallest absolute Gasteiger partial charge is 0.224 e. The van der Waals surface area contributed by atoms with E-state index >= 15 is 0 Å². The Morgan fingerprint density at radius 1 is 1.29 bits per heavy atom. The van der Waals surface area contributed by atoms with Crippen molar-refractivity contribution in [1.29, 1.82) is 0 Å². The highest BCUT2D eigenvalue weighted by Gasteiger charge is 2.10. The molecule has 1 aromatic heterocycles. The van der Waals surface area contributed by atoms with Crippen molar-refractivity contribution in [2.45, 2.75) is 20.5 Å². The highest BCUT2D eigenvalue weighted by atomic mass is 19.1. The molecule has 0 fully saturated rings. The van der Waals surface area contributed by atoms with E-state index < -0.39 is 5.82 Å². The molecule has 21 heavy (non-hydrogen) atoms. The summed E-state index contributed by atoms with van der Waals surface area (Å²) in [4.78, 5) is 8.47. The summed E-state index contributed by atoms with van der Waals surface area (Å²) >= 11 is 0. The molecule has 0 aliphatic heterocycles. The lowest BCUT2D eigenvalue weighted by Gasteiger charge is -2.10. The van der Waals surface area contributed by atoms with Gasteiger partial charge in [0.25, 0.3) is 0 Å². The van der Waals surface area contributed by atoms with Crippen LogP contribution in [0, 0.1) is 12.7 Å². The van der Waals surface area contributed by atoms with Crippen LogP contribution in [0.2, 0.25) is 0 Å². The molecule has 2 rings (SSSR count). The molecule has 112 valence electrons. The third-order valence-electron chi connectivity index (χ3n) is 2.81.